The SMILES string of the molecule is Cc1cc(Oc2ccc(NC(=O)c3c(C)ccc(F)c3F)cc2)c(C(F)(F)F)cn1. The van der Waals surface area contributed by atoms with Gasteiger partial charge in [0.05, 0.1) is 5.56 Å². The van der Waals surface area contributed by atoms with E-state index in [9.17, 15) is 26.7 Å². The molecule has 156 valence electrons. The van der Waals surface area contributed by atoms with Gasteiger partial charge in [0.1, 0.15) is 17.1 Å². The molecule has 0 unspecified atom stereocenters. The quantitative estimate of drug-likeness (QED) is 0.522. The number of aryl methyl sites for hydroxylation is 2. The highest BCUT2D eigenvalue weighted by Gasteiger charge is 2.35. The van der Waals surface area contributed by atoms with Gasteiger partial charge in [0.15, 0.2) is 11.6 Å². The average Bonchev–Trinajstić information content (AvgIpc) is 2.66. The highest BCUT2D eigenvalue weighted by molar-refractivity contribution is 6.05. The number of ether oxygens (including phenoxy) is 1. The summed E-state index contributed by atoms with van der Waals surface area (Å²) in [5.74, 6) is -3.61. The lowest BCUT2D eigenvalue weighted by Gasteiger charge is -2.14. The first-order chi connectivity index (χ1) is 14.1. The number of aromatic nitrogens is 1. The first kappa shape index (κ1) is 21.2. The van der Waals surface area contributed by atoms with Crippen LogP contribution in [-0.4, -0.2) is 10.9 Å². The van der Waals surface area contributed by atoms with Crippen LogP contribution in [0.1, 0.15) is 27.2 Å². The van der Waals surface area contributed by atoms with E-state index in [0.717, 1.165) is 12.1 Å². The van der Waals surface area contributed by atoms with Crippen LogP contribution in [0.4, 0.5) is 27.6 Å². The minimum atomic E-state index is -4.64. The van der Waals surface area contributed by atoms with Crippen molar-refractivity contribution < 1.29 is 31.5 Å². The highest BCUT2D eigenvalue weighted by Crippen LogP contribution is 2.38. The van der Waals surface area contributed by atoms with Crippen LogP contribution in [0.5, 0.6) is 11.5 Å². The number of halogens is 5. The van der Waals surface area contributed by atoms with Crippen molar-refractivity contribution in [1.29, 1.82) is 0 Å². The van der Waals surface area contributed by atoms with E-state index in [1.807, 2.05) is 0 Å². The molecule has 0 aliphatic rings. The van der Waals surface area contributed by atoms with Crippen LogP contribution in [0.15, 0.2) is 48.7 Å². The molecule has 0 saturated carbocycles. The third kappa shape index (κ3) is 4.56. The summed E-state index contributed by atoms with van der Waals surface area (Å²) in [6.45, 7) is 2.99. The Labute approximate surface area is 168 Å². The van der Waals surface area contributed by atoms with E-state index in [1.165, 1.54) is 44.2 Å². The van der Waals surface area contributed by atoms with Crippen LogP contribution in [-0.2, 0) is 6.18 Å². The molecule has 0 saturated heterocycles. The predicted octanol–water partition coefficient (Wildman–Crippen LogP) is 6.04. The molecule has 0 atom stereocenters. The Bertz CT molecular complexity index is 1100. The minimum Gasteiger partial charge on any atom is -0.457 e. The fourth-order valence-corrected chi connectivity index (χ4v) is 2.68. The lowest BCUT2D eigenvalue weighted by atomic mass is 10.1. The summed E-state index contributed by atoms with van der Waals surface area (Å²) in [6.07, 6.45) is -3.95. The number of hydrogen-bond acceptors (Lipinski definition) is 3. The topological polar surface area (TPSA) is 51.2 Å². The summed E-state index contributed by atoms with van der Waals surface area (Å²) in [5, 5.41) is 2.41. The molecule has 1 N–H and O–H groups in total. The van der Waals surface area contributed by atoms with E-state index < -0.39 is 40.6 Å². The maximum atomic E-state index is 13.9. The maximum Gasteiger partial charge on any atom is 0.421 e. The van der Waals surface area contributed by atoms with Crippen LogP contribution in [0.3, 0.4) is 0 Å². The molecule has 30 heavy (non-hydrogen) atoms. The molecule has 0 fully saturated rings. The van der Waals surface area contributed by atoms with Gasteiger partial charge in [0.25, 0.3) is 5.91 Å². The second kappa shape index (κ2) is 8.10. The fraction of sp³-hybridized carbons (Fsp3) is 0.143. The molecule has 1 aromatic heterocycles. The Hall–Kier alpha value is -3.49. The van der Waals surface area contributed by atoms with Gasteiger partial charge >= 0.3 is 6.18 Å². The number of pyridine rings is 1. The Morgan fingerprint density at radius 1 is 1.03 bits per heavy atom. The summed E-state index contributed by atoms with van der Waals surface area (Å²) in [6, 6.07) is 8.75. The van der Waals surface area contributed by atoms with Crippen molar-refractivity contribution in [2.24, 2.45) is 0 Å². The Balaban J connectivity index is 1.79. The molecule has 0 bridgehead atoms. The van der Waals surface area contributed by atoms with E-state index in [0.29, 0.717) is 11.9 Å². The van der Waals surface area contributed by atoms with E-state index in [2.05, 4.69) is 10.3 Å². The average molecular weight is 422 g/mol. The van der Waals surface area contributed by atoms with Crippen molar-refractivity contribution in [3.8, 4) is 11.5 Å². The largest absolute Gasteiger partial charge is 0.457 e. The molecule has 2 aromatic carbocycles. The van der Waals surface area contributed by atoms with Crippen LogP contribution < -0.4 is 10.1 Å². The number of amides is 1. The molecule has 0 radical (unpaired) electrons. The van der Waals surface area contributed by atoms with Gasteiger partial charge < -0.3 is 10.1 Å². The van der Waals surface area contributed by atoms with Crippen molar-refractivity contribution in [3.05, 3.63) is 82.7 Å². The lowest BCUT2D eigenvalue weighted by molar-refractivity contribution is -0.138. The number of carbonyl (C=O) groups excluding carboxylic acids is 1. The minimum absolute atomic E-state index is 0.0808. The first-order valence-electron chi connectivity index (χ1n) is 8.64. The number of benzene rings is 2. The number of nitrogens with zero attached hydrogens (tertiary/aromatic N) is 1. The molecule has 3 aromatic rings. The number of hydrogen-bond donors (Lipinski definition) is 1. The van der Waals surface area contributed by atoms with Crippen LogP contribution >= 0.6 is 0 Å². The molecule has 4 nitrogen and oxygen atoms in total. The number of rotatable bonds is 4. The smallest absolute Gasteiger partial charge is 0.421 e. The monoisotopic (exact) mass is 422 g/mol. The molecule has 1 amide bonds. The Morgan fingerprint density at radius 3 is 2.33 bits per heavy atom. The number of anilines is 1. The molecule has 0 aliphatic heterocycles. The first-order valence-corrected chi connectivity index (χ1v) is 8.64. The van der Waals surface area contributed by atoms with Crippen molar-refractivity contribution in [1.82, 2.24) is 4.98 Å². The second-order valence-corrected chi connectivity index (χ2v) is 6.45. The van der Waals surface area contributed by atoms with E-state index in [-0.39, 0.29) is 17.0 Å². The van der Waals surface area contributed by atoms with Crippen molar-refractivity contribution in [3.63, 3.8) is 0 Å². The van der Waals surface area contributed by atoms with E-state index in [1.54, 1.807) is 0 Å². The van der Waals surface area contributed by atoms with E-state index in [4.69, 9.17) is 4.74 Å². The van der Waals surface area contributed by atoms with Gasteiger partial charge in [-0.05, 0) is 49.7 Å². The van der Waals surface area contributed by atoms with Crippen LogP contribution in [0, 0.1) is 25.5 Å². The number of nitrogens with one attached hydrogen (secondary N) is 1. The van der Waals surface area contributed by atoms with Crippen molar-refractivity contribution in [2.75, 3.05) is 5.32 Å². The van der Waals surface area contributed by atoms with Gasteiger partial charge in [0.2, 0.25) is 0 Å². The van der Waals surface area contributed by atoms with Gasteiger partial charge in [-0.2, -0.15) is 13.2 Å². The summed E-state index contributed by atoms with van der Waals surface area (Å²) >= 11 is 0. The molecule has 1 heterocycles. The van der Waals surface area contributed by atoms with Gasteiger partial charge in [0, 0.05) is 23.6 Å². The summed E-state index contributed by atoms with van der Waals surface area (Å²) in [7, 11) is 0. The summed E-state index contributed by atoms with van der Waals surface area (Å²) in [5.41, 5.74) is -0.647. The zero-order valence-corrected chi connectivity index (χ0v) is 15.8. The standard InChI is InChI=1S/C21H15F5N2O2/c1-11-3-8-16(22)19(23)18(11)20(29)28-13-4-6-14(7-5-13)30-17-9-12(2)27-10-15(17)21(24,25)26/h3-10H,1-2H3,(H,28,29). The van der Waals surface area contributed by atoms with Gasteiger partial charge in [-0.15, -0.1) is 0 Å². The molecule has 0 spiro atoms. The van der Waals surface area contributed by atoms with Crippen LogP contribution in [0.2, 0.25) is 0 Å². The fourth-order valence-electron chi connectivity index (χ4n) is 2.68. The van der Waals surface area contributed by atoms with E-state index >= 15 is 0 Å². The molecule has 9 heteroatoms. The summed E-state index contributed by atoms with van der Waals surface area (Å²) < 4.78 is 72.0. The summed E-state index contributed by atoms with van der Waals surface area (Å²) in [4.78, 5) is 15.9. The molecular formula is C21H15F5N2O2. The zero-order chi connectivity index (χ0) is 22.1. The number of carbonyl (C=O) groups is 1. The third-order valence-corrected chi connectivity index (χ3v) is 4.18. The second-order valence-electron chi connectivity index (χ2n) is 6.45. The molecular weight excluding hydrogens is 407 g/mol. The maximum absolute atomic E-state index is 13.9. The Morgan fingerprint density at radius 2 is 1.70 bits per heavy atom. The lowest BCUT2D eigenvalue weighted by Crippen LogP contribution is -2.16. The third-order valence-electron chi connectivity index (χ3n) is 4.18. The molecule has 0 aliphatic carbocycles. The van der Waals surface area contributed by atoms with Crippen LogP contribution in [0.25, 0.3) is 0 Å². The number of alkyl halides is 3. The van der Waals surface area contributed by atoms with Gasteiger partial charge in [-0.3, -0.25) is 9.78 Å². The van der Waals surface area contributed by atoms with Crippen molar-refractivity contribution in [2.45, 2.75) is 20.0 Å². The van der Waals surface area contributed by atoms with Crippen molar-refractivity contribution >= 4 is 11.6 Å². The van der Waals surface area contributed by atoms with Gasteiger partial charge in [-0.25, -0.2) is 8.78 Å². The Kier molecular flexibility index (Phi) is 5.73. The highest BCUT2D eigenvalue weighted by atomic mass is 19.4. The molecule has 3 rings (SSSR count). The zero-order valence-electron chi connectivity index (χ0n) is 15.8. The predicted molar refractivity (Wildman–Crippen MR) is 99.5 cm³/mol. The van der Waals surface area contributed by atoms with Gasteiger partial charge in [-0.1, -0.05) is 6.07 Å². The normalized spacial score (nSPS) is 11.3.